The Hall–Kier alpha value is -2.43. The molecule has 0 fully saturated rings. The number of amides is 1. The number of carbonyl (C=O) groups excluding carboxylic acids is 1. The molecule has 0 spiro atoms. The summed E-state index contributed by atoms with van der Waals surface area (Å²) in [6.45, 7) is 1.08. The zero-order chi connectivity index (χ0) is 18.0. The molecular formula is C21H28N4O. The number of hydrogen-bond donors (Lipinski definition) is 1. The maximum Gasteiger partial charge on any atom is 0.240 e. The van der Waals surface area contributed by atoms with E-state index < -0.39 is 0 Å². The van der Waals surface area contributed by atoms with Crippen LogP contribution >= 0.6 is 0 Å². The molecule has 0 bridgehead atoms. The average molecular weight is 352 g/mol. The maximum absolute atomic E-state index is 11.2. The van der Waals surface area contributed by atoms with Crippen molar-refractivity contribution < 1.29 is 4.79 Å². The molecule has 0 saturated carbocycles. The van der Waals surface area contributed by atoms with Crippen LogP contribution in [0.3, 0.4) is 0 Å². The van der Waals surface area contributed by atoms with Gasteiger partial charge in [0.2, 0.25) is 5.91 Å². The molecule has 0 atom stereocenters. The van der Waals surface area contributed by atoms with Gasteiger partial charge in [-0.3, -0.25) is 4.79 Å². The molecule has 1 N–H and O–H groups in total. The van der Waals surface area contributed by atoms with Crippen LogP contribution in [-0.2, 0) is 17.8 Å². The van der Waals surface area contributed by atoms with E-state index in [1.165, 1.54) is 44.1 Å². The third kappa shape index (κ3) is 5.83. The van der Waals surface area contributed by atoms with Gasteiger partial charge in [-0.1, -0.05) is 49.9 Å². The highest BCUT2D eigenvalue weighted by molar-refractivity contribution is 6.04. The van der Waals surface area contributed by atoms with Crippen molar-refractivity contribution in [2.75, 3.05) is 0 Å². The van der Waals surface area contributed by atoms with Gasteiger partial charge in [-0.05, 0) is 30.4 Å². The van der Waals surface area contributed by atoms with Gasteiger partial charge in [0.15, 0.2) is 0 Å². The number of aromatic nitrogens is 2. The van der Waals surface area contributed by atoms with Gasteiger partial charge in [-0.2, -0.15) is 5.10 Å². The minimum atomic E-state index is 0.00657. The lowest BCUT2D eigenvalue weighted by atomic mass is 10.0. The van der Waals surface area contributed by atoms with Gasteiger partial charge in [0.25, 0.3) is 0 Å². The number of hydrogen-bond acceptors (Lipinski definition) is 3. The van der Waals surface area contributed by atoms with Crippen LogP contribution in [0, 0.1) is 0 Å². The third-order valence-electron chi connectivity index (χ3n) is 4.88. The Balaban J connectivity index is 1.27. The third-order valence-corrected chi connectivity index (χ3v) is 4.88. The lowest BCUT2D eigenvalue weighted by Gasteiger charge is -2.12. The van der Waals surface area contributed by atoms with Crippen LogP contribution in [0.2, 0.25) is 0 Å². The van der Waals surface area contributed by atoms with E-state index in [1.807, 2.05) is 18.7 Å². The summed E-state index contributed by atoms with van der Waals surface area (Å²) in [5.41, 5.74) is 6.04. The second-order valence-corrected chi connectivity index (χ2v) is 6.96. The van der Waals surface area contributed by atoms with Gasteiger partial charge in [-0.15, -0.1) is 0 Å². The van der Waals surface area contributed by atoms with E-state index in [4.69, 9.17) is 0 Å². The van der Waals surface area contributed by atoms with Crippen LogP contribution in [0.1, 0.15) is 62.5 Å². The summed E-state index contributed by atoms with van der Waals surface area (Å²) in [4.78, 5) is 15.2. The Morgan fingerprint density at radius 1 is 0.962 bits per heavy atom. The van der Waals surface area contributed by atoms with Crippen molar-refractivity contribution in [2.45, 2.75) is 64.3 Å². The molecular weight excluding hydrogens is 324 g/mol. The number of hydrazone groups is 1. The number of nitrogens with one attached hydrogen (secondary N) is 1. The quantitative estimate of drug-likeness (QED) is 0.655. The predicted molar refractivity (Wildman–Crippen MR) is 104 cm³/mol. The van der Waals surface area contributed by atoms with Crippen molar-refractivity contribution in [1.82, 2.24) is 15.0 Å². The number of imidazole rings is 1. The minimum absolute atomic E-state index is 0.00657. The fourth-order valence-corrected chi connectivity index (χ4v) is 3.30. The Labute approximate surface area is 155 Å². The minimum Gasteiger partial charge on any atom is -0.337 e. The molecule has 5 nitrogen and oxygen atoms in total. The lowest BCUT2D eigenvalue weighted by molar-refractivity contribution is -0.121. The van der Waals surface area contributed by atoms with Gasteiger partial charge in [0.05, 0.1) is 12.0 Å². The van der Waals surface area contributed by atoms with Gasteiger partial charge >= 0.3 is 0 Å². The number of aryl methyl sites for hydroxylation is 2. The summed E-state index contributed by atoms with van der Waals surface area (Å²) in [5, 5.41) is 4.15. The second-order valence-electron chi connectivity index (χ2n) is 6.96. The van der Waals surface area contributed by atoms with E-state index in [0.717, 1.165) is 30.7 Å². The van der Waals surface area contributed by atoms with Crippen molar-refractivity contribution in [3.63, 3.8) is 0 Å². The first-order valence-electron chi connectivity index (χ1n) is 9.72. The molecule has 0 radical (unpaired) electrons. The number of rotatable bonds is 10. The first-order valence-corrected chi connectivity index (χ1v) is 9.72. The Bertz CT molecular complexity index is 704. The molecule has 1 aromatic carbocycles. The molecule has 2 aromatic rings. The molecule has 2 heterocycles. The monoisotopic (exact) mass is 352 g/mol. The molecule has 1 aliphatic heterocycles. The molecule has 138 valence electrons. The van der Waals surface area contributed by atoms with E-state index in [2.05, 4.69) is 44.3 Å². The van der Waals surface area contributed by atoms with Gasteiger partial charge < -0.3 is 4.57 Å². The molecule has 1 aromatic heterocycles. The molecule has 1 amide bonds. The highest BCUT2D eigenvalue weighted by atomic mass is 16.2. The largest absolute Gasteiger partial charge is 0.337 e. The summed E-state index contributed by atoms with van der Waals surface area (Å²) in [6.07, 6.45) is 15.9. The van der Waals surface area contributed by atoms with Crippen LogP contribution in [-0.4, -0.2) is 21.2 Å². The summed E-state index contributed by atoms with van der Waals surface area (Å²) >= 11 is 0. The van der Waals surface area contributed by atoms with Gasteiger partial charge in [0.1, 0.15) is 0 Å². The van der Waals surface area contributed by atoms with E-state index >= 15 is 0 Å². The van der Waals surface area contributed by atoms with E-state index in [0.29, 0.717) is 6.42 Å². The number of carbonyl (C=O) groups is 1. The molecule has 0 saturated heterocycles. The topological polar surface area (TPSA) is 59.3 Å². The van der Waals surface area contributed by atoms with Crippen molar-refractivity contribution in [3.05, 3.63) is 54.1 Å². The second kappa shape index (κ2) is 9.90. The van der Waals surface area contributed by atoms with Crippen molar-refractivity contribution in [2.24, 2.45) is 5.10 Å². The fraction of sp³-hybridized carbons (Fsp3) is 0.476. The molecule has 0 unspecified atom stereocenters. The SMILES string of the molecule is O=C1CCC(c2ccc(CCCCCCCCn3ccnc3)cc2)=NN1. The molecule has 1 aliphatic rings. The predicted octanol–water partition coefficient (Wildman–Crippen LogP) is 4.08. The lowest BCUT2D eigenvalue weighted by Crippen LogP contribution is -2.25. The van der Waals surface area contributed by atoms with Crippen LogP contribution in [0.15, 0.2) is 48.1 Å². The Morgan fingerprint density at radius 3 is 2.42 bits per heavy atom. The summed E-state index contributed by atoms with van der Waals surface area (Å²) in [7, 11) is 0. The van der Waals surface area contributed by atoms with E-state index in [1.54, 1.807) is 0 Å². The fourth-order valence-electron chi connectivity index (χ4n) is 3.30. The van der Waals surface area contributed by atoms with Crippen molar-refractivity contribution in [1.29, 1.82) is 0 Å². The first-order chi connectivity index (χ1) is 12.8. The van der Waals surface area contributed by atoms with Gasteiger partial charge in [0, 0.05) is 31.8 Å². The molecule has 3 rings (SSSR count). The molecule has 0 aliphatic carbocycles. The zero-order valence-electron chi connectivity index (χ0n) is 15.4. The highest BCUT2D eigenvalue weighted by Gasteiger charge is 2.12. The summed E-state index contributed by atoms with van der Waals surface area (Å²) < 4.78 is 2.15. The standard InChI is InChI=1S/C21H28N4O/c26-21-13-12-20(23-24-21)19-10-8-18(9-11-19)7-5-3-1-2-4-6-15-25-16-14-22-17-25/h8-11,14,16-17H,1-7,12-13,15H2,(H,24,26). The Kier molecular flexibility index (Phi) is 6.99. The zero-order valence-corrected chi connectivity index (χ0v) is 15.4. The number of nitrogens with zero attached hydrogens (tertiary/aromatic N) is 3. The summed E-state index contributed by atoms with van der Waals surface area (Å²) in [6, 6.07) is 8.64. The van der Waals surface area contributed by atoms with Crippen LogP contribution < -0.4 is 5.43 Å². The van der Waals surface area contributed by atoms with Crippen LogP contribution in [0.4, 0.5) is 0 Å². The van der Waals surface area contributed by atoms with Crippen LogP contribution in [0.5, 0.6) is 0 Å². The molecule has 26 heavy (non-hydrogen) atoms. The van der Waals surface area contributed by atoms with E-state index in [-0.39, 0.29) is 5.91 Å². The van der Waals surface area contributed by atoms with Crippen molar-refractivity contribution in [3.8, 4) is 0 Å². The molecule has 5 heteroatoms. The van der Waals surface area contributed by atoms with Gasteiger partial charge in [-0.25, -0.2) is 10.4 Å². The van der Waals surface area contributed by atoms with Crippen LogP contribution in [0.25, 0.3) is 0 Å². The highest BCUT2D eigenvalue weighted by Crippen LogP contribution is 2.14. The normalized spacial score (nSPS) is 14.2. The van der Waals surface area contributed by atoms with E-state index in [9.17, 15) is 4.79 Å². The average Bonchev–Trinajstić information content (AvgIpc) is 3.19. The number of benzene rings is 1. The maximum atomic E-state index is 11.2. The van der Waals surface area contributed by atoms with Crippen molar-refractivity contribution >= 4 is 11.6 Å². The number of unbranched alkanes of at least 4 members (excludes halogenated alkanes) is 5. The smallest absolute Gasteiger partial charge is 0.240 e. The first kappa shape index (κ1) is 18.4. The summed E-state index contributed by atoms with van der Waals surface area (Å²) in [5.74, 6) is 0.00657. The Morgan fingerprint density at radius 2 is 1.73 bits per heavy atom.